The van der Waals surface area contributed by atoms with Gasteiger partial charge in [-0.15, -0.1) is 0 Å². The molecule has 0 radical (unpaired) electrons. The fourth-order valence-electron chi connectivity index (χ4n) is 2.86. The molecule has 8 heteroatoms. The average molecular weight is 408 g/mol. The Morgan fingerprint density at radius 3 is 2.47 bits per heavy atom. The van der Waals surface area contributed by atoms with Crippen molar-refractivity contribution in [1.82, 2.24) is 20.1 Å². The molecule has 1 N–H and O–H groups in total. The second kappa shape index (κ2) is 10.1. The molecule has 1 amide bonds. The summed E-state index contributed by atoms with van der Waals surface area (Å²) in [6.45, 7) is 0.998. The maximum absolute atomic E-state index is 12.1. The second-order valence-electron chi connectivity index (χ2n) is 6.26. The Bertz CT molecular complexity index is 990. The van der Waals surface area contributed by atoms with Crippen LogP contribution in [0.3, 0.4) is 0 Å². The highest BCUT2D eigenvalue weighted by Gasteiger charge is 2.12. The monoisotopic (exact) mass is 408 g/mol. The summed E-state index contributed by atoms with van der Waals surface area (Å²) in [4.78, 5) is 16.4. The highest BCUT2D eigenvalue weighted by molar-refractivity contribution is 5.91. The quantitative estimate of drug-likeness (QED) is 0.548. The standard InChI is InChI=1S/C22H24N4O4/c1-28-19-14-16(15-20(29-2)22(19)30-3)7-8-21(27)24-11-13-26-12-9-18(25-26)17-6-4-5-10-23-17/h4-10,12,14-15H,11,13H2,1-3H3,(H,24,27)/b8-7+. The molecule has 0 unspecified atom stereocenters. The zero-order valence-corrected chi connectivity index (χ0v) is 17.2. The fraction of sp³-hybridized carbons (Fsp3) is 0.227. The van der Waals surface area contributed by atoms with Gasteiger partial charge in [-0.25, -0.2) is 0 Å². The van der Waals surface area contributed by atoms with Gasteiger partial charge in [0.05, 0.1) is 33.6 Å². The van der Waals surface area contributed by atoms with Crippen LogP contribution in [0.1, 0.15) is 5.56 Å². The van der Waals surface area contributed by atoms with Crippen LogP contribution < -0.4 is 19.5 Å². The smallest absolute Gasteiger partial charge is 0.244 e. The molecule has 2 aromatic heterocycles. The largest absolute Gasteiger partial charge is 0.493 e. The molecule has 156 valence electrons. The Labute approximate surface area is 175 Å². The van der Waals surface area contributed by atoms with Crippen LogP contribution in [0.5, 0.6) is 17.2 Å². The molecule has 30 heavy (non-hydrogen) atoms. The molecule has 2 heterocycles. The summed E-state index contributed by atoms with van der Waals surface area (Å²) in [6.07, 6.45) is 6.74. The molecule has 0 aliphatic carbocycles. The molecule has 8 nitrogen and oxygen atoms in total. The normalized spacial score (nSPS) is 10.8. The van der Waals surface area contributed by atoms with E-state index in [1.807, 2.05) is 30.5 Å². The van der Waals surface area contributed by atoms with Gasteiger partial charge in [0.2, 0.25) is 11.7 Å². The fourth-order valence-corrected chi connectivity index (χ4v) is 2.86. The van der Waals surface area contributed by atoms with Crippen LogP contribution in [0.15, 0.2) is 54.9 Å². The van der Waals surface area contributed by atoms with Crippen molar-refractivity contribution in [3.8, 4) is 28.6 Å². The molecule has 0 atom stereocenters. The number of hydrogen-bond acceptors (Lipinski definition) is 6. The van der Waals surface area contributed by atoms with Gasteiger partial charge in [0, 0.05) is 25.0 Å². The maximum atomic E-state index is 12.1. The minimum absolute atomic E-state index is 0.208. The predicted molar refractivity (Wildman–Crippen MR) is 114 cm³/mol. The molecule has 0 fully saturated rings. The molecule has 0 spiro atoms. The minimum atomic E-state index is -0.208. The molecule has 0 aliphatic heterocycles. The third kappa shape index (κ3) is 5.16. The van der Waals surface area contributed by atoms with Crippen molar-refractivity contribution >= 4 is 12.0 Å². The molecule has 1 aromatic carbocycles. The lowest BCUT2D eigenvalue weighted by molar-refractivity contribution is -0.116. The van der Waals surface area contributed by atoms with Crippen LogP contribution in [0.4, 0.5) is 0 Å². The van der Waals surface area contributed by atoms with Crippen molar-refractivity contribution in [2.24, 2.45) is 0 Å². The number of pyridine rings is 1. The van der Waals surface area contributed by atoms with Crippen LogP contribution in [0, 0.1) is 0 Å². The molecular weight excluding hydrogens is 384 g/mol. The van der Waals surface area contributed by atoms with Crippen molar-refractivity contribution in [3.63, 3.8) is 0 Å². The number of methoxy groups -OCH3 is 3. The first-order chi connectivity index (χ1) is 14.6. The van der Waals surface area contributed by atoms with Gasteiger partial charge in [0.25, 0.3) is 0 Å². The number of ether oxygens (including phenoxy) is 3. The summed E-state index contributed by atoms with van der Waals surface area (Å²) >= 11 is 0. The van der Waals surface area contributed by atoms with E-state index in [4.69, 9.17) is 14.2 Å². The highest BCUT2D eigenvalue weighted by Crippen LogP contribution is 2.38. The number of hydrogen-bond donors (Lipinski definition) is 1. The Morgan fingerprint density at radius 2 is 1.83 bits per heavy atom. The van der Waals surface area contributed by atoms with E-state index in [-0.39, 0.29) is 5.91 Å². The highest BCUT2D eigenvalue weighted by atomic mass is 16.5. The van der Waals surface area contributed by atoms with E-state index in [9.17, 15) is 4.79 Å². The summed E-state index contributed by atoms with van der Waals surface area (Å²) in [6, 6.07) is 11.1. The lowest BCUT2D eigenvalue weighted by Crippen LogP contribution is -2.25. The van der Waals surface area contributed by atoms with Gasteiger partial charge in [0.1, 0.15) is 5.69 Å². The summed E-state index contributed by atoms with van der Waals surface area (Å²) in [5.41, 5.74) is 2.37. The number of carbonyl (C=O) groups is 1. The Kier molecular flexibility index (Phi) is 7.05. The van der Waals surface area contributed by atoms with E-state index < -0.39 is 0 Å². The topological polar surface area (TPSA) is 87.5 Å². The van der Waals surface area contributed by atoms with Crippen molar-refractivity contribution in [1.29, 1.82) is 0 Å². The number of carbonyl (C=O) groups excluding carboxylic acids is 1. The van der Waals surface area contributed by atoms with Gasteiger partial charge in [-0.3, -0.25) is 14.5 Å². The number of nitrogens with zero attached hydrogens (tertiary/aromatic N) is 3. The number of nitrogens with one attached hydrogen (secondary N) is 1. The lowest BCUT2D eigenvalue weighted by Gasteiger charge is -2.12. The van der Waals surface area contributed by atoms with E-state index >= 15 is 0 Å². The van der Waals surface area contributed by atoms with E-state index in [1.165, 1.54) is 6.08 Å². The number of amides is 1. The predicted octanol–water partition coefficient (Wildman–Crippen LogP) is 2.80. The van der Waals surface area contributed by atoms with Crippen LogP contribution >= 0.6 is 0 Å². The van der Waals surface area contributed by atoms with Crippen molar-refractivity contribution in [2.45, 2.75) is 6.54 Å². The molecule has 3 aromatic rings. The Balaban J connectivity index is 1.55. The minimum Gasteiger partial charge on any atom is -0.493 e. The maximum Gasteiger partial charge on any atom is 0.244 e. The van der Waals surface area contributed by atoms with Crippen molar-refractivity contribution in [3.05, 3.63) is 60.4 Å². The zero-order valence-electron chi connectivity index (χ0n) is 17.2. The van der Waals surface area contributed by atoms with E-state index in [2.05, 4.69) is 15.4 Å². The van der Waals surface area contributed by atoms with Crippen molar-refractivity contribution < 1.29 is 19.0 Å². The lowest BCUT2D eigenvalue weighted by atomic mass is 10.1. The third-order valence-electron chi connectivity index (χ3n) is 4.32. The van der Waals surface area contributed by atoms with Gasteiger partial charge in [-0.1, -0.05) is 6.07 Å². The van der Waals surface area contributed by atoms with Gasteiger partial charge < -0.3 is 19.5 Å². The molecule has 0 bridgehead atoms. The molecule has 0 saturated carbocycles. The van der Waals surface area contributed by atoms with E-state index in [0.29, 0.717) is 30.3 Å². The van der Waals surface area contributed by atoms with Gasteiger partial charge in [-0.05, 0) is 42.0 Å². The first kappa shape index (κ1) is 20.9. The zero-order chi connectivity index (χ0) is 21.3. The molecule has 0 aliphatic rings. The average Bonchev–Trinajstić information content (AvgIpc) is 3.26. The second-order valence-corrected chi connectivity index (χ2v) is 6.26. The summed E-state index contributed by atoms with van der Waals surface area (Å²) in [5, 5.41) is 7.31. The molecule has 0 saturated heterocycles. The SMILES string of the molecule is COc1cc(/C=C/C(=O)NCCn2ccc(-c3ccccn3)n2)cc(OC)c1OC. The van der Waals surface area contributed by atoms with Crippen molar-refractivity contribution in [2.75, 3.05) is 27.9 Å². The molecule has 3 rings (SSSR count). The number of benzene rings is 1. The summed E-state index contributed by atoms with van der Waals surface area (Å²) < 4.78 is 17.7. The van der Waals surface area contributed by atoms with Crippen LogP contribution in [0.2, 0.25) is 0 Å². The van der Waals surface area contributed by atoms with E-state index in [0.717, 1.165) is 17.0 Å². The van der Waals surface area contributed by atoms with Crippen LogP contribution in [0.25, 0.3) is 17.5 Å². The first-order valence-electron chi connectivity index (χ1n) is 9.35. The van der Waals surface area contributed by atoms with Crippen LogP contribution in [-0.2, 0) is 11.3 Å². The summed E-state index contributed by atoms with van der Waals surface area (Å²) in [7, 11) is 4.64. The van der Waals surface area contributed by atoms with Gasteiger partial charge in [-0.2, -0.15) is 5.10 Å². The van der Waals surface area contributed by atoms with Crippen LogP contribution in [-0.4, -0.2) is 48.5 Å². The third-order valence-corrected chi connectivity index (χ3v) is 4.32. The van der Waals surface area contributed by atoms with Gasteiger partial charge >= 0.3 is 0 Å². The molecular formula is C22H24N4O4. The first-order valence-corrected chi connectivity index (χ1v) is 9.35. The van der Waals surface area contributed by atoms with E-state index in [1.54, 1.807) is 50.4 Å². The number of aromatic nitrogens is 3. The number of rotatable bonds is 9. The van der Waals surface area contributed by atoms with Gasteiger partial charge in [0.15, 0.2) is 11.5 Å². The Hall–Kier alpha value is -3.81. The Morgan fingerprint density at radius 1 is 1.07 bits per heavy atom. The summed E-state index contributed by atoms with van der Waals surface area (Å²) in [5.74, 6) is 1.35.